The summed E-state index contributed by atoms with van der Waals surface area (Å²) in [5, 5.41) is 12.3. The van der Waals surface area contributed by atoms with Crippen molar-refractivity contribution in [1.82, 2.24) is 9.97 Å². The average Bonchev–Trinajstić information content (AvgIpc) is 2.17. The maximum Gasteiger partial charge on any atom is 0.129 e. The van der Waals surface area contributed by atoms with Crippen LogP contribution in [0.4, 0.5) is 5.82 Å². The molecule has 1 atom stereocenters. The lowest BCUT2D eigenvalue weighted by Gasteiger charge is -2.22. The number of rotatable bonds is 5. The lowest BCUT2D eigenvalue weighted by molar-refractivity contribution is 0.267. The van der Waals surface area contributed by atoms with Gasteiger partial charge in [-0.2, -0.15) is 0 Å². The molecule has 0 aliphatic carbocycles. The minimum Gasteiger partial charge on any atom is -0.396 e. The van der Waals surface area contributed by atoms with E-state index in [2.05, 4.69) is 29.1 Å². The predicted molar refractivity (Wildman–Crippen MR) is 60.7 cm³/mol. The summed E-state index contributed by atoms with van der Waals surface area (Å²) in [7, 11) is 0. The summed E-state index contributed by atoms with van der Waals surface area (Å²) < 4.78 is 0. The molecule has 1 aromatic rings. The normalized spacial score (nSPS) is 12.9. The molecule has 0 aromatic carbocycles. The largest absolute Gasteiger partial charge is 0.396 e. The van der Waals surface area contributed by atoms with Crippen molar-refractivity contribution >= 4 is 5.82 Å². The molecular formula is C11H19N3O. The van der Waals surface area contributed by atoms with Crippen LogP contribution in [0.5, 0.6) is 0 Å². The van der Waals surface area contributed by atoms with E-state index in [0.29, 0.717) is 5.92 Å². The second kappa shape index (κ2) is 5.66. The molecule has 0 spiro atoms. The van der Waals surface area contributed by atoms with Crippen LogP contribution in [0.3, 0.4) is 0 Å². The maximum atomic E-state index is 8.95. The summed E-state index contributed by atoms with van der Waals surface area (Å²) in [5.74, 6) is 2.05. The van der Waals surface area contributed by atoms with Gasteiger partial charge < -0.3 is 10.4 Å². The van der Waals surface area contributed by atoms with Crippen molar-refractivity contribution in [3.8, 4) is 0 Å². The van der Waals surface area contributed by atoms with E-state index < -0.39 is 0 Å². The fraction of sp³-hybridized carbons (Fsp3) is 0.636. The number of anilines is 1. The van der Waals surface area contributed by atoms with Crippen LogP contribution in [0, 0.1) is 12.8 Å². The second-order valence-corrected chi connectivity index (χ2v) is 4.00. The summed E-state index contributed by atoms with van der Waals surface area (Å²) >= 11 is 0. The molecule has 0 amide bonds. The second-order valence-electron chi connectivity index (χ2n) is 4.00. The molecule has 0 radical (unpaired) electrons. The van der Waals surface area contributed by atoms with Gasteiger partial charge in [0, 0.05) is 18.8 Å². The highest BCUT2D eigenvalue weighted by atomic mass is 16.3. The van der Waals surface area contributed by atoms with Crippen molar-refractivity contribution in [1.29, 1.82) is 0 Å². The fourth-order valence-corrected chi connectivity index (χ4v) is 1.44. The number of nitrogens with one attached hydrogen (secondary N) is 1. The first-order chi connectivity index (χ1) is 7.13. The van der Waals surface area contributed by atoms with Crippen molar-refractivity contribution in [3.05, 3.63) is 18.1 Å². The predicted octanol–water partition coefficient (Wildman–Crippen LogP) is 1.60. The van der Waals surface area contributed by atoms with Crippen LogP contribution < -0.4 is 5.32 Å². The molecule has 0 aliphatic heterocycles. The first kappa shape index (κ1) is 11.9. The molecule has 2 N–H and O–H groups in total. The molecule has 0 saturated carbocycles. The van der Waals surface area contributed by atoms with Crippen LogP contribution in [-0.2, 0) is 0 Å². The smallest absolute Gasteiger partial charge is 0.129 e. The number of aliphatic hydroxyl groups is 1. The Morgan fingerprint density at radius 1 is 1.47 bits per heavy atom. The molecule has 1 unspecified atom stereocenters. The molecule has 0 fully saturated rings. The van der Waals surface area contributed by atoms with Gasteiger partial charge in [-0.1, -0.05) is 13.8 Å². The molecular weight excluding hydrogens is 190 g/mol. The third-order valence-electron chi connectivity index (χ3n) is 2.35. The van der Waals surface area contributed by atoms with Gasteiger partial charge >= 0.3 is 0 Å². The average molecular weight is 209 g/mol. The minimum atomic E-state index is 0.194. The van der Waals surface area contributed by atoms with E-state index in [9.17, 15) is 0 Å². The van der Waals surface area contributed by atoms with Gasteiger partial charge in [-0.15, -0.1) is 0 Å². The Morgan fingerprint density at radius 3 is 2.73 bits per heavy atom. The van der Waals surface area contributed by atoms with Gasteiger partial charge in [0.05, 0.1) is 0 Å². The van der Waals surface area contributed by atoms with E-state index in [-0.39, 0.29) is 12.6 Å². The zero-order valence-corrected chi connectivity index (χ0v) is 9.57. The highest BCUT2D eigenvalue weighted by Gasteiger charge is 2.12. The van der Waals surface area contributed by atoms with Crippen molar-refractivity contribution in [2.24, 2.45) is 5.92 Å². The highest BCUT2D eigenvalue weighted by Crippen LogP contribution is 2.12. The SMILES string of the molecule is Cc1nccc(NC(CCO)C(C)C)n1. The quantitative estimate of drug-likeness (QED) is 0.773. The zero-order valence-electron chi connectivity index (χ0n) is 9.57. The molecule has 0 saturated heterocycles. The Bertz CT molecular complexity index is 302. The fourth-order valence-electron chi connectivity index (χ4n) is 1.44. The van der Waals surface area contributed by atoms with E-state index >= 15 is 0 Å². The van der Waals surface area contributed by atoms with Crippen LogP contribution in [0.25, 0.3) is 0 Å². The van der Waals surface area contributed by atoms with Gasteiger partial charge in [0.25, 0.3) is 0 Å². The van der Waals surface area contributed by atoms with Crippen LogP contribution in [-0.4, -0.2) is 27.7 Å². The van der Waals surface area contributed by atoms with Gasteiger partial charge in [0.15, 0.2) is 0 Å². The van der Waals surface area contributed by atoms with E-state index in [4.69, 9.17) is 5.11 Å². The maximum absolute atomic E-state index is 8.95. The summed E-state index contributed by atoms with van der Waals surface area (Å²) in [6.45, 7) is 6.31. The molecule has 1 aromatic heterocycles. The van der Waals surface area contributed by atoms with Crippen molar-refractivity contribution in [2.45, 2.75) is 33.2 Å². The van der Waals surface area contributed by atoms with Crippen LogP contribution in [0.2, 0.25) is 0 Å². The van der Waals surface area contributed by atoms with Crippen molar-refractivity contribution in [2.75, 3.05) is 11.9 Å². The molecule has 1 heterocycles. The summed E-state index contributed by atoms with van der Waals surface area (Å²) in [5.41, 5.74) is 0. The lowest BCUT2D eigenvalue weighted by atomic mass is 10.0. The number of aliphatic hydroxyl groups excluding tert-OH is 1. The third-order valence-corrected chi connectivity index (χ3v) is 2.35. The number of aryl methyl sites for hydroxylation is 1. The van der Waals surface area contributed by atoms with Gasteiger partial charge in [-0.3, -0.25) is 0 Å². The first-order valence-corrected chi connectivity index (χ1v) is 5.30. The lowest BCUT2D eigenvalue weighted by Crippen LogP contribution is -2.27. The van der Waals surface area contributed by atoms with Gasteiger partial charge in [0.2, 0.25) is 0 Å². The number of nitrogens with zero attached hydrogens (tertiary/aromatic N) is 2. The molecule has 15 heavy (non-hydrogen) atoms. The Hall–Kier alpha value is -1.16. The van der Waals surface area contributed by atoms with Gasteiger partial charge in [-0.05, 0) is 25.3 Å². The summed E-state index contributed by atoms with van der Waals surface area (Å²) in [6.07, 6.45) is 2.47. The first-order valence-electron chi connectivity index (χ1n) is 5.30. The highest BCUT2D eigenvalue weighted by molar-refractivity contribution is 5.34. The molecule has 1 rings (SSSR count). The topological polar surface area (TPSA) is 58.0 Å². The van der Waals surface area contributed by atoms with Crippen molar-refractivity contribution < 1.29 is 5.11 Å². The van der Waals surface area contributed by atoms with E-state index in [0.717, 1.165) is 18.1 Å². The number of aromatic nitrogens is 2. The van der Waals surface area contributed by atoms with Crippen LogP contribution in [0.1, 0.15) is 26.1 Å². The molecule has 0 aliphatic rings. The summed E-state index contributed by atoms with van der Waals surface area (Å²) in [4.78, 5) is 8.31. The number of hydrogen-bond donors (Lipinski definition) is 2. The minimum absolute atomic E-state index is 0.194. The molecule has 84 valence electrons. The number of hydrogen-bond acceptors (Lipinski definition) is 4. The summed E-state index contributed by atoms with van der Waals surface area (Å²) in [6, 6.07) is 2.10. The Labute approximate surface area is 90.8 Å². The standard InChI is InChI=1S/C11H19N3O/c1-8(2)10(5-7-15)14-11-4-6-12-9(3)13-11/h4,6,8,10,15H,5,7H2,1-3H3,(H,12,13,14). The van der Waals surface area contributed by atoms with E-state index in [1.165, 1.54) is 0 Å². The monoisotopic (exact) mass is 209 g/mol. The van der Waals surface area contributed by atoms with E-state index in [1.54, 1.807) is 6.20 Å². The molecule has 0 bridgehead atoms. The molecule has 4 nitrogen and oxygen atoms in total. The van der Waals surface area contributed by atoms with E-state index in [1.807, 2.05) is 13.0 Å². The third kappa shape index (κ3) is 3.83. The van der Waals surface area contributed by atoms with Crippen LogP contribution in [0.15, 0.2) is 12.3 Å². The zero-order chi connectivity index (χ0) is 11.3. The van der Waals surface area contributed by atoms with Crippen LogP contribution >= 0.6 is 0 Å². The van der Waals surface area contributed by atoms with Crippen molar-refractivity contribution in [3.63, 3.8) is 0 Å². The Morgan fingerprint density at radius 2 is 2.20 bits per heavy atom. The molecule has 4 heteroatoms. The van der Waals surface area contributed by atoms with Gasteiger partial charge in [0.1, 0.15) is 11.6 Å². The van der Waals surface area contributed by atoms with Gasteiger partial charge in [-0.25, -0.2) is 9.97 Å². The Balaban J connectivity index is 2.65. The Kier molecular flexibility index (Phi) is 4.49.